The van der Waals surface area contributed by atoms with Crippen LogP contribution in [0.15, 0.2) is 61.4 Å². The van der Waals surface area contributed by atoms with Gasteiger partial charge in [-0.1, -0.05) is 0 Å². The number of aromatic nitrogens is 1. The smallest absolute Gasteiger partial charge is 0.266 e. The zero-order valence-electron chi connectivity index (χ0n) is 15.2. The van der Waals surface area contributed by atoms with E-state index >= 15 is 0 Å². The van der Waals surface area contributed by atoms with Gasteiger partial charge in [0.25, 0.3) is 5.89 Å². The van der Waals surface area contributed by atoms with E-state index in [-0.39, 0.29) is 39.3 Å². The molecule has 0 atom stereocenters. The number of oxazole rings is 1. The number of carbonyl (C=O) groups is 1. The van der Waals surface area contributed by atoms with Crippen LogP contribution in [0.25, 0.3) is 11.7 Å². The highest BCUT2D eigenvalue weighted by Gasteiger charge is 2.34. The number of primary amides is 1. The number of halogens is 1. The lowest BCUT2D eigenvalue weighted by Gasteiger charge is -2.30. The van der Waals surface area contributed by atoms with Gasteiger partial charge in [0, 0.05) is 19.0 Å². The summed E-state index contributed by atoms with van der Waals surface area (Å²) in [5.41, 5.74) is 5.37. The summed E-state index contributed by atoms with van der Waals surface area (Å²) in [6.07, 6.45) is 2.37. The second kappa shape index (κ2) is 7.36. The third kappa shape index (κ3) is 3.63. The van der Waals surface area contributed by atoms with Crippen LogP contribution in [-0.4, -0.2) is 32.4 Å². The highest BCUT2D eigenvalue weighted by Crippen LogP contribution is 2.36. The Bertz CT molecular complexity index is 1120. The van der Waals surface area contributed by atoms with Crippen LogP contribution < -0.4 is 10.6 Å². The Morgan fingerprint density at radius 1 is 1.17 bits per heavy atom. The minimum Gasteiger partial charge on any atom is -0.459 e. The molecule has 8 nitrogen and oxygen atoms in total. The first kappa shape index (κ1) is 19.2. The molecule has 2 N–H and O–H groups in total. The van der Waals surface area contributed by atoms with E-state index in [1.165, 1.54) is 18.4 Å². The molecule has 1 aromatic carbocycles. The maximum absolute atomic E-state index is 13.3. The number of rotatable bonds is 5. The number of benzene rings is 1. The highest BCUT2D eigenvalue weighted by molar-refractivity contribution is 7.91. The van der Waals surface area contributed by atoms with Crippen LogP contribution in [0.4, 0.5) is 10.3 Å². The first-order chi connectivity index (χ1) is 13.9. The van der Waals surface area contributed by atoms with Gasteiger partial charge in [-0.05, 0) is 49.2 Å². The van der Waals surface area contributed by atoms with Crippen LogP contribution in [0.1, 0.15) is 12.8 Å². The number of hydrogen-bond donors (Lipinski definition) is 1. The Morgan fingerprint density at radius 3 is 2.45 bits per heavy atom. The van der Waals surface area contributed by atoms with Gasteiger partial charge in [-0.25, -0.2) is 12.8 Å². The van der Waals surface area contributed by atoms with Gasteiger partial charge >= 0.3 is 0 Å². The molecule has 0 radical (unpaired) electrons. The van der Waals surface area contributed by atoms with Crippen LogP contribution in [0.2, 0.25) is 0 Å². The molecule has 1 aliphatic rings. The SMILES string of the molecule is NC(=O)C1CCN(c2oc(-c3ccco3)nc2S(=O)(=O)c2ccc(F)cc2)CC1. The lowest BCUT2D eigenvalue weighted by molar-refractivity contribution is -0.122. The Labute approximate surface area is 166 Å². The van der Waals surface area contributed by atoms with E-state index in [1.807, 2.05) is 0 Å². The number of amides is 1. The molecule has 1 amide bonds. The first-order valence-electron chi connectivity index (χ1n) is 8.96. The van der Waals surface area contributed by atoms with Crippen LogP contribution in [0.3, 0.4) is 0 Å². The maximum atomic E-state index is 13.3. The van der Waals surface area contributed by atoms with Gasteiger partial charge in [-0.3, -0.25) is 4.79 Å². The number of nitrogens with zero attached hydrogens (tertiary/aromatic N) is 2. The molecule has 29 heavy (non-hydrogen) atoms. The number of nitrogens with two attached hydrogens (primary N) is 1. The van der Waals surface area contributed by atoms with Gasteiger partial charge in [0.05, 0.1) is 11.2 Å². The summed E-state index contributed by atoms with van der Waals surface area (Å²) in [7, 11) is -4.08. The predicted molar refractivity (Wildman–Crippen MR) is 100 cm³/mol. The summed E-state index contributed by atoms with van der Waals surface area (Å²) < 4.78 is 50.7. The molecule has 0 unspecified atom stereocenters. The molecular formula is C19H18FN3O5S. The molecule has 4 rings (SSSR count). The summed E-state index contributed by atoms with van der Waals surface area (Å²) in [4.78, 5) is 17.2. The molecule has 0 aliphatic carbocycles. The van der Waals surface area contributed by atoms with Crippen LogP contribution in [0.5, 0.6) is 0 Å². The summed E-state index contributed by atoms with van der Waals surface area (Å²) in [5, 5.41) is -0.284. The molecule has 1 fully saturated rings. The monoisotopic (exact) mass is 419 g/mol. The number of carbonyl (C=O) groups excluding carboxylic acids is 1. The van der Waals surface area contributed by atoms with E-state index in [0.717, 1.165) is 12.1 Å². The van der Waals surface area contributed by atoms with Crippen molar-refractivity contribution in [2.24, 2.45) is 11.7 Å². The van der Waals surface area contributed by atoms with E-state index in [2.05, 4.69) is 4.98 Å². The Morgan fingerprint density at radius 2 is 1.86 bits per heavy atom. The molecule has 152 valence electrons. The second-order valence-electron chi connectivity index (χ2n) is 6.73. The second-order valence-corrected chi connectivity index (χ2v) is 8.59. The third-order valence-electron chi connectivity index (χ3n) is 4.87. The molecule has 0 spiro atoms. The topological polar surface area (TPSA) is 120 Å². The number of hydrogen-bond acceptors (Lipinski definition) is 7. The van der Waals surface area contributed by atoms with Crippen molar-refractivity contribution in [1.29, 1.82) is 0 Å². The standard InChI is InChI=1S/C19H18FN3O5S/c20-13-3-5-14(6-4-13)29(25,26)18-19(23-9-7-12(8-10-23)16(21)24)28-17(22-18)15-2-1-11-27-15/h1-6,11-12H,7-10H2,(H2,21,24). The molecule has 1 saturated heterocycles. The van der Waals surface area contributed by atoms with E-state index in [9.17, 15) is 17.6 Å². The van der Waals surface area contributed by atoms with E-state index in [1.54, 1.807) is 17.0 Å². The van der Waals surface area contributed by atoms with Crippen molar-refractivity contribution in [3.63, 3.8) is 0 Å². The van der Waals surface area contributed by atoms with Gasteiger partial charge < -0.3 is 19.5 Å². The quantitative estimate of drug-likeness (QED) is 0.631. The number of furan rings is 1. The Kier molecular flexibility index (Phi) is 4.87. The van der Waals surface area contributed by atoms with Gasteiger partial charge in [-0.2, -0.15) is 4.98 Å². The first-order valence-corrected chi connectivity index (χ1v) is 10.4. The largest absolute Gasteiger partial charge is 0.459 e. The molecule has 1 aliphatic heterocycles. The molecular weight excluding hydrogens is 401 g/mol. The third-order valence-corrected chi connectivity index (χ3v) is 6.54. The molecule has 10 heteroatoms. The van der Waals surface area contributed by atoms with E-state index < -0.39 is 15.7 Å². The van der Waals surface area contributed by atoms with Gasteiger partial charge in [0.15, 0.2) is 5.76 Å². The molecule has 3 heterocycles. The van der Waals surface area contributed by atoms with Crippen LogP contribution >= 0.6 is 0 Å². The van der Waals surface area contributed by atoms with Crippen molar-refractivity contribution in [3.05, 3.63) is 48.5 Å². The van der Waals surface area contributed by atoms with Crippen molar-refractivity contribution >= 4 is 21.6 Å². The van der Waals surface area contributed by atoms with Gasteiger partial charge in [0.1, 0.15) is 5.82 Å². The van der Waals surface area contributed by atoms with Crippen molar-refractivity contribution < 1.29 is 26.4 Å². The Balaban J connectivity index is 1.76. The van der Waals surface area contributed by atoms with Crippen molar-refractivity contribution in [2.75, 3.05) is 18.0 Å². The van der Waals surface area contributed by atoms with Crippen molar-refractivity contribution in [2.45, 2.75) is 22.8 Å². The average molecular weight is 419 g/mol. The summed E-state index contributed by atoms with van der Waals surface area (Å²) in [5.74, 6) is -0.840. The minimum absolute atomic E-state index is 0.0164. The summed E-state index contributed by atoms with van der Waals surface area (Å²) in [6, 6.07) is 7.72. The van der Waals surface area contributed by atoms with Gasteiger partial charge in [-0.15, -0.1) is 0 Å². The summed E-state index contributed by atoms with van der Waals surface area (Å²) >= 11 is 0. The lowest BCUT2D eigenvalue weighted by Crippen LogP contribution is -2.38. The molecule has 2 aromatic heterocycles. The van der Waals surface area contributed by atoms with Crippen molar-refractivity contribution in [1.82, 2.24) is 4.98 Å². The number of piperidine rings is 1. The van der Waals surface area contributed by atoms with E-state index in [4.69, 9.17) is 14.6 Å². The zero-order valence-corrected chi connectivity index (χ0v) is 16.1. The van der Waals surface area contributed by atoms with Gasteiger partial charge in [0.2, 0.25) is 26.7 Å². The highest BCUT2D eigenvalue weighted by atomic mass is 32.2. The van der Waals surface area contributed by atoms with Crippen LogP contribution in [-0.2, 0) is 14.6 Å². The van der Waals surface area contributed by atoms with E-state index in [0.29, 0.717) is 25.9 Å². The average Bonchev–Trinajstić information content (AvgIpc) is 3.38. The lowest BCUT2D eigenvalue weighted by atomic mass is 9.96. The fourth-order valence-corrected chi connectivity index (χ4v) is 4.59. The zero-order chi connectivity index (χ0) is 20.6. The minimum atomic E-state index is -4.08. The normalized spacial score (nSPS) is 15.6. The van der Waals surface area contributed by atoms with Crippen molar-refractivity contribution in [3.8, 4) is 11.7 Å². The Hall–Kier alpha value is -3.14. The number of sulfone groups is 1. The molecule has 0 bridgehead atoms. The summed E-state index contributed by atoms with van der Waals surface area (Å²) in [6.45, 7) is 0.763. The molecule has 3 aromatic rings. The maximum Gasteiger partial charge on any atom is 0.266 e. The fraction of sp³-hybridized carbons (Fsp3) is 0.263. The predicted octanol–water partition coefficient (Wildman–Crippen LogP) is 2.61. The fourth-order valence-electron chi connectivity index (χ4n) is 3.27. The van der Waals surface area contributed by atoms with Crippen LogP contribution in [0, 0.1) is 11.7 Å². The molecule has 0 saturated carbocycles. The number of anilines is 1.